The Morgan fingerprint density at radius 3 is 3.12 bits per heavy atom. The molecule has 1 aromatic rings. The van der Waals surface area contributed by atoms with Crippen molar-refractivity contribution >= 4 is 21.6 Å². The monoisotopic (exact) mass is 299 g/mol. The number of hydrogen-bond acceptors (Lipinski definition) is 4. The predicted molar refractivity (Wildman–Crippen MR) is 72.1 cm³/mol. The highest BCUT2D eigenvalue weighted by molar-refractivity contribution is 9.10. The Kier molecular flexibility index (Phi) is 4.23. The minimum atomic E-state index is 0.480. The van der Waals surface area contributed by atoms with E-state index in [-0.39, 0.29) is 0 Å². The number of halogens is 1. The van der Waals surface area contributed by atoms with Crippen LogP contribution in [0.5, 0.6) is 5.88 Å². The minimum absolute atomic E-state index is 0.480. The molecular weight excluding hydrogens is 282 g/mol. The van der Waals surface area contributed by atoms with Gasteiger partial charge in [0.25, 0.3) is 0 Å². The van der Waals surface area contributed by atoms with Gasteiger partial charge in [0.2, 0.25) is 5.88 Å². The first kappa shape index (κ1) is 12.6. The van der Waals surface area contributed by atoms with E-state index in [9.17, 15) is 0 Å². The molecule has 1 unspecified atom stereocenters. The molecule has 2 rings (SSSR count). The van der Waals surface area contributed by atoms with Crippen molar-refractivity contribution in [3.8, 4) is 5.88 Å². The van der Waals surface area contributed by atoms with Gasteiger partial charge in [0, 0.05) is 16.7 Å². The summed E-state index contributed by atoms with van der Waals surface area (Å²) in [7, 11) is 2.14. The summed E-state index contributed by atoms with van der Waals surface area (Å²) in [6.07, 6.45) is 5.45. The molecule has 0 aliphatic carbocycles. The van der Waals surface area contributed by atoms with Crippen LogP contribution in [0.2, 0.25) is 0 Å². The summed E-state index contributed by atoms with van der Waals surface area (Å²) >= 11 is 3.33. The second-order valence-corrected chi connectivity index (χ2v) is 5.40. The molecule has 1 saturated heterocycles. The zero-order chi connectivity index (χ0) is 12.3. The zero-order valence-electron chi connectivity index (χ0n) is 10.0. The van der Waals surface area contributed by atoms with Crippen LogP contribution in [0, 0.1) is 0 Å². The summed E-state index contributed by atoms with van der Waals surface area (Å²) in [4.78, 5) is 6.52. The van der Waals surface area contributed by atoms with Gasteiger partial charge in [-0.15, -0.1) is 0 Å². The Morgan fingerprint density at radius 1 is 1.59 bits per heavy atom. The van der Waals surface area contributed by atoms with Crippen molar-refractivity contribution < 1.29 is 4.74 Å². The summed E-state index contributed by atoms with van der Waals surface area (Å²) in [6, 6.07) is 2.29. The maximum Gasteiger partial charge on any atom is 0.237 e. The lowest BCUT2D eigenvalue weighted by Gasteiger charge is -2.32. The van der Waals surface area contributed by atoms with Gasteiger partial charge in [-0.05, 0) is 48.4 Å². The van der Waals surface area contributed by atoms with Crippen molar-refractivity contribution in [2.75, 3.05) is 25.9 Å². The van der Waals surface area contributed by atoms with Crippen LogP contribution in [0.3, 0.4) is 0 Å². The van der Waals surface area contributed by atoms with Crippen molar-refractivity contribution in [2.45, 2.75) is 25.3 Å². The number of nitrogens with zero attached hydrogens (tertiary/aromatic N) is 2. The van der Waals surface area contributed by atoms with Gasteiger partial charge in [0.1, 0.15) is 6.61 Å². The Bertz CT molecular complexity index is 386. The number of nitrogens with two attached hydrogens (primary N) is 1. The van der Waals surface area contributed by atoms with Crippen LogP contribution >= 0.6 is 15.9 Å². The van der Waals surface area contributed by atoms with Gasteiger partial charge in [-0.25, -0.2) is 4.98 Å². The van der Waals surface area contributed by atoms with E-state index in [4.69, 9.17) is 10.5 Å². The lowest BCUT2D eigenvalue weighted by molar-refractivity contribution is 0.123. The SMILES string of the molecule is CN1CCCCC1COc1ncc(Br)cc1N. The van der Waals surface area contributed by atoms with Crippen molar-refractivity contribution in [3.63, 3.8) is 0 Å². The summed E-state index contributed by atoms with van der Waals surface area (Å²) in [5.41, 5.74) is 6.42. The normalized spacial score (nSPS) is 21.4. The molecular formula is C12H18BrN3O. The van der Waals surface area contributed by atoms with E-state index in [0.29, 0.717) is 24.2 Å². The van der Waals surface area contributed by atoms with E-state index < -0.39 is 0 Å². The van der Waals surface area contributed by atoms with E-state index in [1.807, 2.05) is 6.07 Å². The van der Waals surface area contributed by atoms with Crippen LogP contribution < -0.4 is 10.5 Å². The molecule has 1 fully saturated rings. The molecule has 0 saturated carbocycles. The number of likely N-dealkylation sites (N-methyl/N-ethyl adjacent to an activating group) is 1. The second kappa shape index (κ2) is 5.69. The van der Waals surface area contributed by atoms with Gasteiger partial charge >= 0.3 is 0 Å². The van der Waals surface area contributed by atoms with E-state index in [0.717, 1.165) is 11.0 Å². The molecule has 1 aliphatic rings. The largest absolute Gasteiger partial charge is 0.475 e. The molecule has 0 aromatic carbocycles. The Morgan fingerprint density at radius 2 is 2.41 bits per heavy atom. The third kappa shape index (κ3) is 3.33. The molecule has 0 spiro atoms. The van der Waals surface area contributed by atoms with Gasteiger partial charge in [0.15, 0.2) is 0 Å². The van der Waals surface area contributed by atoms with Gasteiger partial charge < -0.3 is 15.4 Å². The number of hydrogen-bond donors (Lipinski definition) is 1. The fraction of sp³-hybridized carbons (Fsp3) is 0.583. The standard InChI is InChI=1S/C12H18BrN3O/c1-16-5-3-2-4-10(16)8-17-12-11(14)6-9(13)7-15-12/h6-7,10H,2-5,8,14H2,1H3. The molecule has 1 aliphatic heterocycles. The van der Waals surface area contributed by atoms with Gasteiger partial charge in [-0.1, -0.05) is 6.42 Å². The van der Waals surface area contributed by atoms with Crippen molar-refractivity contribution in [1.29, 1.82) is 0 Å². The van der Waals surface area contributed by atoms with Crippen LogP contribution in [0.25, 0.3) is 0 Å². The molecule has 1 aromatic heterocycles. The van der Waals surface area contributed by atoms with Crippen molar-refractivity contribution in [3.05, 3.63) is 16.7 Å². The quantitative estimate of drug-likeness (QED) is 0.930. The van der Waals surface area contributed by atoms with Gasteiger partial charge in [-0.2, -0.15) is 0 Å². The number of piperidine rings is 1. The highest BCUT2D eigenvalue weighted by Crippen LogP contribution is 2.23. The molecule has 4 nitrogen and oxygen atoms in total. The number of likely N-dealkylation sites (tertiary alicyclic amines) is 1. The smallest absolute Gasteiger partial charge is 0.237 e. The molecule has 2 N–H and O–H groups in total. The first-order chi connectivity index (χ1) is 8.16. The van der Waals surface area contributed by atoms with E-state index in [1.54, 1.807) is 6.20 Å². The van der Waals surface area contributed by atoms with Crippen LogP contribution in [-0.4, -0.2) is 36.1 Å². The fourth-order valence-electron chi connectivity index (χ4n) is 2.09. The molecule has 1 atom stereocenters. The Hall–Kier alpha value is -0.810. The number of nitrogen functional groups attached to an aromatic ring is 1. The fourth-order valence-corrected chi connectivity index (χ4v) is 2.44. The Balaban J connectivity index is 1.92. The molecule has 2 heterocycles. The van der Waals surface area contributed by atoms with Crippen molar-refractivity contribution in [1.82, 2.24) is 9.88 Å². The highest BCUT2D eigenvalue weighted by atomic mass is 79.9. The first-order valence-electron chi connectivity index (χ1n) is 5.91. The summed E-state index contributed by atoms with van der Waals surface area (Å²) in [5.74, 6) is 0.534. The lowest BCUT2D eigenvalue weighted by atomic mass is 10.0. The number of anilines is 1. The molecule has 0 bridgehead atoms. The average molecular weight is 300 g/mol. The molecule has 0 radical (unpaired) electrons. The topological polar surface area (TPSA) is 51.4 Å². The van der Waals surface area contributed by atoms with Crippen molar-refractivity contribution in [2.24, 2.45) is 0 Å². The second-order valence-electron chi connectivity index (χ2n) is 4.49. The maximum absolute atomic E-state index is 5.84. The molecule has 17 heavy (non-hydrogen) atoms. The minimum Gasteiger partial charge on any atom is -0.475 e. The van der Waals surface area contributed by atoms with Gasteiger partial charge in [-0.3, -0.25) is 0 Å². The number of rotatable bonds is 3. The maximum atomic E-state index is 5.84. The summed E-state index contributed by atoms with van der Waals surface area (Å²) in [6.45, 7) is 1.81. The average Bonchev–Trinajstić information content (AvgIpc) is 2.30. The first-order valence-corrected chi connectivity index (χ1v) is 6.70. The number of ether oxygens (including phenoxy) is 1. The van der Waals surface area contributed by atoms with E-state index >= 15 is 0 Å². The summed E-state index contributed by atoms with van der Waals surface area (Å²) < 4.78 is 6.58. The van der Waals surface area contributed by atoms with Crippen LogP contribution in [0.1, 0.15) is 19.3 Å². The lowest BCUT2D eigenvalue weighted by Crippen LogP contribution is -2.40. The third-order valence-corrected chi connectivity index (χ3v) is 3.61. The number of aromatic nitrogens is 1. The van der Waals surface area contributed by atoms with Crippen LogP contribution in [0.4, 0.5) is 5.69 Å². The highest BCUT2D eigenvalue weighted by Gasteiger charge is 2.19. The molecule has 0 amide bonds. The number of pyridine rings is 1. The van der Waals surface area contributed by atoms with Crippen LogP contribution in [0.15, 0.2) is 16.7 Å². The predicted octanol–water partition coefficient (Wildman–Crippen LogP) is 2.29. The zero-order valence-corrected chi connectivity index (χ0v) is 11.6. The summed E-state index contributed by atoms with van der Waals surface area (Å²) in [5, 5.41) is 0. The third-order valence-electron chi connectivity index (χ3n) is 3.18. The molecule has 94 valence electrons. The van der Waals surface area contributed by atoms with Gasteiger partial charge in [0.05, 0.1) is 5.69 Å². The van der Waals surface area contributed by atoms with E-state index in [1.165, 1.54) is 19.3 Å². The Labute approximate surface area is 110 Å². The van der Waals surface area contributed by atoms with E-state index in [2.05, 4.69) is 32.9 Å². The van der Waals surface area contributed by atoms with Crippen LogP contribution in [-0.2, 0) is 0 Å². The molecule has 5 heteroatoms.